The van der Waals surface area contributed by atoms with Gasteiger partial charge in [-0.1, -0.05) is 6.42 Å². The van der Waals surface area contributed by atoms with Gasteiger partial charge in [0.2, 0.25) is 0 Å². The smallest absolute Gasteiger partial charge is 0.337 e. The Balaban J connectivity index is 1.87. The third-order valence-electron chi connectivity index (χ3n) is 4.06. The fourth-order valence-corrected chi connectivity index (χ4v) is 2.74. The van der Waals surface area contributed by atoms with Crippen LogP contribution in [-0.4, -0.2) is 44.2 Å². The minimum Gasteiger partial charge on any atom is -0.491 e. The molecule has 0 aromatic heterocycles. The molecule has 0 aliphatic carbocycles. The van der Waals surface area contributed by atoms with Crippen LogP contribution in [-0.2, 0) is 4.74 Å². The molecule has 5 nitrogen and oxygen atoms in total. The zero-order chi connectivity index (χ0) is 15.2. The van der Waals surface area contributed by atoms with E-state index in [-0.39, 0.29) is 0 Å². The van der Waals surface area contributed by atoms with Crippen LogP contribution in [0.25, 0.3) is 0 Å². The number of benzene rings is 1. The minimum atomic E-state index is -0.392. The zero-order valence-electron chi connectivity index (χ0n) is 12.8. The van der Waals surface area contributed by atoms with Gasteiger partial charge in [-0.05, 0) is 51.1 Å². The Bertz CT molecular complexity index is 490. The molecule has 1 aliphatic rings. The minimum absolute atomic E-state index is 0.392. The Morgan fingerprint density at radius 2 is 2.24 bits per heavy atom. The molecule has 5 heteroatoms. The lowest BCUT2D eigenvalue weighted by Gasteiger charge is -2.32. The molecule has 0 spiro atoms. The molecule has 1 aromatic rings. The quantitative estimate of drug-likeness (QED) is 0.666. The number of carbonyl (C=O) groups excluding carboxylic acids is 1. The molecule has 21 heavy (non-hydrogen) atoms. The van der Waals surface area contributed by atoms with Crippen LogP contribution in [0.1, 0.15) is 36.0 Å². The highest BCUT2D eigenvalue weighted by Gasteiger charge is 2.18. The van der Waals surface area contributed by atoms with Crippen molar-refractivity contribution in [3.05, 3.63) is 23.8 Å². The van der Waals surface area contributed by atoms with Gasteiger partial charge in [0, 0.05) is 6.04 Å². The summed E-state index contributed by atoms with van der Waals surface area (Å²) < 4.78 is 10.4. The predicted octanol–water partition coefficient (Wildman–Crippen LogP) is 2.31. The van der Waals surface area contributed by atoms with Gasteiger partial charge in [-0.15, -0.1) is 0 Å². The third-order valence-corrected chi connectivity index (χ3v) is 4.06. The summed E-state index contributed by atoms with van der Waals surface area (Å²) >= 11 is 0. The van der Waals surface area contributed by atoms with Gasteiger partial charge in [0.15, 0.2) is 0 Å². The van der Waals surface area contributed by atoms with Gasteiger partial charge >= 0.3 is 5.97 Å². The Morgan fingerprint density at radius 1 is 1.43 bits per heavy atom. The molecule has 1 aliphatic heterocycles. The molecule has 0 bridgehead atoms. The van der Waals surface area contributed by atoms with Crippen molar-refractivity contribution in [2.75, 3.05) is 33.0 Å². The highest BCUT2D eigenvalue weighted by atomic mass is 16.5. The van der Waals surface area contributed by atoms with Gasteiger partial charge in [-0.3, -0.25) is 0 Å². The molecular weight excluding hydrogens is 268 g/mol. The maximum atomic E-state index is 11.4. The average molecular weight is 292 g/mol. The van der Waals surface area contributed by atoms with Crippen LogP contribution < -0.4 is 10.5 Å². The number of nitrogen functional groups attached to an aromatic ring is 1. The lowest BCUT2D eigenvalue weighted by atomic mass is 10.0. The largest absolute Gasteiger partial charge is 0.491 e. The number of hydrogen-bond donors (Lipinski definition) is 1. The Hall–Kier alpha value is -1.75. The van der Waals surface area contributed by atoms with E-state index in [4.69, 9.17) is 10.5 Å². The number of rotatable bonds is 5. The molecule has 1 saturated heterocycles. The van der Waals surface area contributed by atoms with Gasteiger partial charge in [-0.2, -0.15) is 0 Å². The molecule has 2 N–H and O–H groups in total. The topological polar surface area (TPSA) is 64.8 Å². The number of esters is 1. The van der Waals surface area contributed by atoms with Crippen LogP contribution in [0, 0.1) is 0 Å². The van der Waals surface area contributed by atoms with Crippen LogP contribution in [0.2, 0.25) is 0 Å². The molecule has 1 unspecified atom stereocenters. The summed E-state index contributed by atoms with van der Waals surface area (Å²) in [5, 5.41) is 0. The fraction of sp³-hybridized carbons (Fsp3) is 0.562. The lowest BCUT2D eigenvalue weighted by molar-refractivity contribution is 0.0601. The number of ether oxygens (including phenoxy) is 2. The SMILES string of the molecule is COC(=O)c1ccc(OCCC2CCCCN2C)c(N)c1. The third kappa shape index (κ3) is 4.11. The van der Waals surface area contributed by atoms with Crippen LogP contribution in [0.15, 0.2) is 18.2 Å². The zero-order valence-corrected chi connectivity index (χ0v) is 12.8. The van der Waals surface area contributed by atoms with Crippen LogP contribution >= 0.6 is 0 Å². The summed E-state index contributed by atoms with van der Waals surface area (Å²) in [6.45, 7) is 1.80. The number of hydrogen-bond acceptors (Lipinski definition) is 5. The van der Waals surface area contributed by atoms with Crippen LogP contribution in [0.3, 0.4) is 0 Å². The van der Waals surface area contributed by atoms with E-state index in [1.807, 2.05) is 0 Å². The van der Waals surface area contributed by atoms with E-state index < -0.39 is 5.97 Å². The molecule has 116 valence electrons. The maximum absolute atomic E-state index is 11.4. The highest BCUT2D eigenvalue weighted by Crippen LogP contribution is 2.24. The summed E-state index contributed by atoms with van der Waals surface area (Å²) in [7, 11) is 3.52. The maximum Gasteiger partial charge on any atom is 0.337 e. The summed E-state index contributed by atoms with van der Waals surface area (Å²) in [6, 6.07) is 5.58. The molecule has 1 atom stereocenters. The van der Waals surface area contributed by atoms with E-state index in [1.54, 1.807) is 18.2 Å². The van der Waals surface area contributed by atoms with E-state index >= 15 is 0 Å². The van der Waals surface area contributed by atoms with E-state index in [0.717, 1.165) is 6.42 Å². The molecule has 1 fully saturated rings. The van der Waals surface area contributed by atoms with E-state index in [2.05, 4.69) is 16.7 Å². The highest BCUT2D eigenvalue weighted by molar-refractivity contribution is 5.90. The van der Waals surface area contributed by atoms with Crippen molar-refractivity contribution in [1.29, 1.82) is 0 Å². The second-order valence-electron chi connectivity index (χ2n) is 5.51. The Kier molecular flexibility index (Phi) is 5.44. The van der Waals surface area contributed by atoms with E-state index in [9.17, 15) is 4.79 Å². The number of nitrogens with zero attached hydrogens (tertiary/aromatic N) is 1. The molecule has 1 heterocycles. The normalized spacial score (nSPS) is 19.2. The molecule has 2 rings (SSSR count). The first-order chi connectivity index (χ1) is 10.1. The number of anilines is 1. The molecular formula is C16H24N2O3. The Labute approximate surface area is 126 Å². The number of carbonyl (C=O) groups is 1. The van der Waals surface area contributed by atoms with Crippen LogP contribution in [0.5, 0.6) is 5.75 Å². The van der Waals surface area contributed by atoms with Crippen molar-refractivity contribution < 1.29 is 14.3 Å². The first kappa shape index (κ1) is 15.6. The van der Waals surface area contributed by atoms with Crippen molar-refractivity contribution in [1.82, 2.24) is 4.90 Å². The van der Waals surface area contributed by atoms with Gasteiger partial charge in [0.05, 0.1) is 25.0 Å². The van der Waals surface area contributed by atoms with Crippen molar-refractivity contribution in [3.63, 3.8) is 0 Å². The molecule has 1 aromatic carbocycles. The van der Waals surface area contributed by atoms with Crippen molar-refractivity contribution >= 4 is 11.7 Å². The first-order valence-corrected chi connectivity index (χ1v) is 7.42. The molecule has 0 radical (unpaired) electrons. The van der Waals surface area contributed by atoms with Gasteiger partial charge < -0.3 is 20.1 Å². The molecule has 0 amide bonds. The lowest BCUT2D eigenvalue weighted by Crippen LogP contribution is -2.37. The summed E-state index contributed by atoms with van der Waals surface area (Å²) in [6.07, 6.45) is 4.81. The molecule has 0 saturated carbocycles. The van der Waals surface area contributed by atoms with Gasteiger partial charge in [0.1, 0.15) is 5.75 Å². The van der Waals surface area contributed by atoms with Gasteiger partial charge in [0.25, 0.3) is 0 Å². The van der Waals surface area contributed by atoms with Crippen molar-refractivity contribution in [2.45, 2.75) is 31.7 Å². The number of nitrogens with two attached hydrogens (primary N) is 1. The Morgan fingerprint density at radius 3 is 2.90 bits per heavy atom. The summed E-state index contributed by atoms with van der Waals surface area (Å²) in [5.74, 6) is 0.234. The van der Waals surface area contributed by atoms with Crippen molar-refractivity contribution in [3.8, 4) is 5.75 Å². The van der Waals surface area contributed by atoms with Crippen LogP contribution in [0.4, 0.5) is 5.69 Å². The predicted molar refractivity (Wildman–Crippen MR) is 82.6 cm³/mol. The number of methoxy groups -OCH3 is 1. The number of piperidine rings is 1. The van der Waals surface area contributed by atoms with E-state index in [1.165, 1.54) is 32.9 Å². The fourth-order valence-electron chi connectivity index (χ4n) is 2.74. The van der Waals surface area contributed by atoms with E-state index in [0.29, 0.717) is 29.6 Å². The second-order valence-corrected chi connectivity index (χ2v) is 5.51. The summed E-state index contributed by atoms with van der Waals surface area (Å²) in [4.78, 5) is 13.8. The average Bonchev–Trinajstić information content (AvgIpc) is 2.50. The second kappa shape index (κ2) is 7.31. The summed E-state index contributed by atoms with van der Waals surface area (Å²) in [5.41, 5.74) is 6.82. The standard InChI is InChI=1S/C16H24N2O3/c1-18-9-4-3-5-13(18)8-10-21-15-7-6-12(11-14(15)17)16(19)20-2/h6-7,11,13H,3-5,8-10,17H2,1-2H3. The monoisotopic (exact) mass is 292 g/mol. The first-order valence-electron chi connectivity index (χ1n) is 7.42. The van der Waals surface area contributed by atoms with Gasteiger partial charge in [-0.25, -0.2) is 4.79 Å². The number of likely N-dealkylation sites (tertiary alicyclic amines) is 1. The van der Waals surface area contributed by atoms with Crippen molar-refractivity contribution in [2.24, 2.45) is 0 Å².